The number of hydrogen-bond acceptors (Lipinski definition) is 4. The third-order valence-electron chi connectivity index (χ3n) is 4.03. The number of hydrogen-bond donors (Lipinski definition) is 3. The number of carbonyl (C=O) groups is 2. The maximum Gasteiger partial charge on any atom is 0.329 e. The van der Waals surface area contributed by atoms with E-state index in [-0.39, 0.29) is 11.9 Å². The summed E-state index contributed by atoms with van der Waals surface area (Å²) in [5, 5.41) is 14.6. The number of carboxylic acids is 1. The third kappa shape index (κ3) is 4.02. The molecule has 0 spiro atoms. The number of nitrogens with one attached hydrogen (secondary N) is 2. The predicted octanol–water partition coefficient (Wildman–Crippen LogP) is 0.588. The number of carboxylic acid groups (broad SMARTS) is 1. The molecule has 2 amide bonds. The van der Waals surface area contributed by atoms with Crippen molar-refractivity contribution in [1.82, 2.24) is 15.5 Å². The summed E-state index contributed by atoms with van der Waals surface area (Å²) in [7, 11) is 0. The van der Waals surface area contributed by atoms with Crippen LogP contribution in [0.2, 0.25) is 0 Å². The zero-order valence-electron chi connectivity index (χ0n) is 11.9. The molecule has 1 unspecified atom stereocenters. The number of amides is 2. The molecule has 1 saturated carbocycles. The van der Waals surface area contributed by atoms with E-state index in [1.807, 2.05) is 11.8 Å². The van der Waals surface area contributed by atoms with Gasteiger partial charge < -0.3 is 15.7 Å². The van der Waals surface area contributed by atoms with Crippen molar-refractivity contribution in [3.05, 3.63) is 0 Å². The summed E-state index contributed by atoms with van der Waals surface area (Å²) in [5.74, 6) is 1.39. The van der Waals surface area contributed by atoms with Crippen molar-refractivity contribution in [3.8, 4) is 0 Å². The molecule has 7 heteroatoms. The van der Waals surface area contributed by atoms with Crippen molar-refractivity contribution in [2.75, 3.05) is 37.7 Å². The lowest BCUT2D eigenvalue weighted by molar-refractivity contribution is -0.144. The summed E-state index contributed by atoms with van der Waals surface area (Å²) in [6.07, 6.45) is 1.74. The summed E-state index contributed by atoms with van der Waals surface area (Å²) in [4.78, 5) is 25.4. The topological polar surface area (TPSA) is 81.7 Å². The molecule has 0 radical (unpaired) electrons. The van der Waals surface area contributed by atoms with Crippen LogP contribution in [0.4, 0.5) is 4.79 Å². The molecule has 0 aromatic carbocycles. The Kier molecular flexibility index (Phi) is 5.15. The smallest absolute Gasteiger partial charge is 0.329 e. The zero-order valence-corrected chi connectivity index (χ0v) is 12.7. The summed E-state index contributed by atoms with van der Waals surface area (Å²) >= 11 is 1.95. The molecular formula is C13H23N3O3S. The van der Waals surface area contributed by atoms with Crippen LogP contribution in [0.25, 0.3) is 0 Å². The molecule has 0 aromatic heterocycles. The Labute approximate surface area is 123 Å². The van der Waals surface area contributed by atoms with Gasteiger partial charge in [0.1, 0.15) is 5.54 Å². The highest BCUT2D eigenvalue weighted by atomic mass is 32.2. The number of aliphatic carboxylic acids is 1. The van der Waals surface area contributed by atoms with Gasteiger partial charge in [-0.1, -0.05) is 0 Å². The van der Waals surface area contributed by atoms with Crippen LogP contribution in [0, 0.1) is 5.92 Å². The quantitative estimate of drug-likeness (QED) is 0.669. The Morgan fingerprint density at radius 2 is 2.00 bits per heavy atom. The highest BCUT2D eigenvalue weighted by molar-refractivity contribution is 7.99. The van der Waals surface area contributed by atoms with Gasteiger partial charge >= 0.3 is 12.0 Å². The van der Waals surface area contributed by atoms with Crippen LogP contribution in [0.15, 0.2) is 0 Å². The second-order valence-electron chi connectivity index (χ2n) is 5.62. The monoisotopic (exact) mass is 301 g/mol. The second-order valence-corrected chi connectivity index (χ2v) is 6.84. The molecule has 114 valence electrons. The minimum Gasteiger partial charge on any atom is -0.480 e. The molecule has 2 aliphatic rings. The minimum atomic E-state index is -1.13. The fraction of sp³-hybridized carbons (Fsp3) is 0.846. The van der Waals surface area contributed by atoms with Crippen LogP contribution in [0.1, 0.15) is 19.8 Å². The molecule has 2 fully saturated rings. The predicted molar refractivity (Wildman–Crippen MR) is 79.1 cm³/mol. The summed E-state index contributed by atoms with van der Waals surface area (Å²) in [6.45, 7) is 5.08. The van der Waals surface area contributed by atoms with Crippen molar-refractivity contribution in [3.63, 3.8) is 0 Å². The summed E-state index contributed by atoms with van der Waals surface area (Å²) in [6, 6.07) is -0.381. The molecule has 1 atom stereocenters. The lowest BCUT2D eigenvalue weighted by Gasteiger charge is -2.28. The first-order valence-corrected chi connectivity index (χ1v) is 8.27. The molecule has 1 aliphatic heterocycles. The first-order chi connectivity index (χ1) is 9.52. The summed E-state index contributed by atoms with van der Waals surface area (Å²) in [5.41, 5.74) is -1.13. The van der Waals surface area contributed by atoms with Gasteiger partial charge in [-0.25, -0.2) is 9.59 Å². The molecule has 1 saturated heterocycles. The number of nitrogens with zero attached hydrogens (tertiary/aromatic N) is 1. The first-order valence-electron chi connectivity index (χ1n) is 7.12. The Bertz CT molecular complexity index is 370. The van der Waals surface area contributed by atoms with Gasteiger partial charge in [0, 0.05) is 37.7 Å². The molecule has 2 rings (SSSR count). The van der Waals surface area contributed by atoms with Gasteiger partial charge in [-0.2, -0.15) is 11.8 Å². The maximum atomic E-state index is 11.8. The molecule has 1 heterocycles. The maximum absolute atomic E-state index is 11.8. The second kappa shape index (κ2) is 6.67. The molecule has 0 aromatic rings. The Balaban J connectivity index is 1.70. The van der Waals surface area contributed by atoms with E-state index in [4.69, 9.17) is 0 Å². The van der Waals surface area contributed by atoms with Crippen molar-refractivity contribution in [1.29, 1.82) is 0 Å². The Morgan fingerprint density at radius 1 is 1.35 bits per heavy atom. The van der Waals surface area contributed by atoms with Crippen molar-refractivity contribution in [2.45, 2.75) is 25.3 Å². The SMILES string of the molecule is CC(NC(=O)NCCN1CCSCC1)(C(=O)O)C1CC1. The van der Waals surface area contributed by atoms with Gasteiger partial charge in [0.25, 0.3) is 0 Å². The normalized spacial score (nSPS) is 22.9. The van der Waals surface area contributed by atoms with Gasteiger partial charge in [0.05, 0.1) is 0 Å². The van der Waals surface area contributed by atoms with Crippen molar-refractivity contribution >= 4 is 23.8 Å². The van der Waals surface area contributed by atoms with E-state index in [1.54, 1.807) is 6.92 Å². The molecule has 1 aliphatic carbocycles. The van der Waals surface area contributed by atoms with Gasteiger partial charge in [-0.3, -0.25) is 4.90 Å². The van der Waals surface area contributed by atoms with Gasteiger partial charge in [-0.05, 0) is 25.7 Å². The number of thioether (sulfide) groups is 1. The van der Waals surface area contributed by atoms with Gasteiger partial charge in [0.2, 0.25) is 0 Å². The Morgan fingerprint density at radius 3 is 2.55 bits per heavy atom. The van der Waals surface area contributed by atoms with Crippen LogP contribution < -0.4 is 10.6 Å². The van der Waals surface area contributed by atoms with E-state index in [0.717, 1.165) is 44.0 Å². The van der Waals surface area contributed by atoms with Crippen LogP contribution in [-0.4, -0.2) is 65.2 Å². The van der Waals surface area contributed by atoms with E-state index in [0.29, 0.717) is 6.54 Å². The van der Waals surface area contributed by atoms with E-state index in [2.05, 4.69) is 15.5 Å². The van der Waals surface area contributed by atoms with Crippen LogP contribution in [0.5, 0.6) is 0 Å². The van der Waals surface area contributed by atoms with Crippen LogP contribution in [-0.2, 0) is 4.79 Å². The number of urea groups is 1. The van der Waals surface area contributed by atoms with E-state index in [1.165, 1.54) is 0 Å². The highest BCUT2D eigenvalue weighted by Crippen LogP contribution is 2.39. The van der Waals surface area contributed by atoms with Crippen molar-refractivity contribution in [2.24, 2.45) is 5.92 Å². The summed E-state index contributed by atoms with van der Waals surface area (Å²) < 4.78 is 0. The molecule has 0 bridgehead atoms. The van der Waals surface area contributed by atoms with Crippen LogP contribution >= 0.6 is 11.8 Å². The fourth-order valence-corrected chi connectivity index (χ4v) is 3.40. The van der Waals surface area contributed by atoms with Gasteiger partial charge in [-0.15, -0.1) is 0 Å². The molecular weight excluding hydrogens is 278 g/mol. The minimum absolute atomic E-state index is 0.0601. The van der Waals surface area contributed by atoms with Crippen molar-refractivity contribution < 1.29 is 14.7 Å². The van der Waals surface area contributed by atoms with Crippen LogP contribution in [0.3, 0.4) is 0 Å². The van der Waals surface area contributed by atoms with E-state index in [9.17, 15) is 14.7 Å². The lowest BCUT2D eigenvalue weighted by Crippen LogP contribution is -2.57. The van der Waals surface area contributed by atoms with E-state index >= 15 is 0 Å². The lowest BCUT2D eigenvalue weighted by atomic mass is 9.96. The molecule has 20 heavy (non-hydrogen) atoms. The van der Waals surface area contributed by atoms with E-state index < -0.39 is 11.5 Å². The average molecular weight is 301 g/mol. The number of rotatable bonds is 6. The fourth-order valence-electron chi connectivity index (χ4n) is 2.42. The van der Waals surface area contributed by atoms with Gasteiger partial charge in [0.15, 0.2) is 0 Å². The number of carbonyl (C=O) groups excluding carboxylic acids is 1. The third-order valence-corrected chi connectivity index (χ3v) is 4.97. The standard InChI is InChI=1S/C13H23N3O3S/c1-13(11(17)18,10-2-3-10)15-12(19)14-4-5-16-6-8-20-9-7-16/h10H,2-9H2,1H3,(H,17,18)(H2,14,15,19). The molecule has 6 nitrogen and oxygen atoms in total. The molecule has 3 N–H and O–H groups in total. The zero-order chi connectivity index (χ0) is 14.6. The Hall–Kier alpha value is -0.950. The highest BCUT2D eigenvalue weighted by Gasteiger charge is 2.48. The largest absolute Gasteiger partial charge is 0.480 e. The average Bonchev–Trinajstić information content (AvgIpc) is 3.24. The first kappa shape index (κ1) is 15.4.